The largest absolute Gasteiger partial charge is 0.461 e. The number of anilines is 1. The van der Waals surface area contributed by atoms with E-state index in [4.69, 9.17) is 4.74 Å². The number of aliphatic hydroxyl groups excluding tert-OH is 1. The minimum atomic E-state index is -0.714. The molecule has 4 rings (SSSR count). The van der Waals surface area contributed by atoms with Gasteiger partial charge in [-0.2, -0.15) is 5.10 Å². The first-order valence-electron chi connectivity index (χ1n) is 9.99. The molecule has 1 heterocycles. The number of benzene rings is 1. The average molecular weight is 476 g/mol. The zero-order valence-corrected chi connectivity index (χ0v) is 18.1. The topological polar surface area (TPSA) is 102 Å². The molecule has 2 fully saturated rings. The lowest BCUT2D eigenvalue weighted by molar-refractivity contribution is -0.128. The van der Waals surface area contributed by atoms with E-state index in [1.165, 1.54) is 4.68 Å². The molecule has 2 saturated carbocycles. The molecule has 1 aromatic heterocycles. The number of halogens is 1. The highest BCUT2D eigenvalue weighted by Gasteiger charge is 2.45. The standard InChI is InChI=1S/C21H22BrN3O5/c1-2-30-21(29)17-16(11-26)18(25(23-17)15-5-3-4-14(22)10-15)24(19(27)12-6-7-12)20(28)13-8-9-13/h3-5,10,12-13,26H,2,6-9,11H2,1H3. The highest BCUT2D eigenvalue weighted by atomic mass is 79.9. The van der Waals surface area contributed by atoms with Crippen LogP contribution in [0.5, 0.6) is 0 Å². The molecule has 1 aromatic carbocycles. The number of amides is 2. The van der Waals surface area contributed by atoms with Crippen LogP contribution in [0.25, 0.3) is 5.69 Å². The number of esters is 1. The van der Waals surface area contributed by atoms with Crippen molar-refractivity contribution in [1.82, 2.24) is 9.78 Å². The molecule has 2 amide bonds. The van der Waals surface area contributed by atoms with Crippen molar-refractivity contribution in [2.45, 2.75) is 39.2 Å². The van der Waals surface area contributed by atoms with E-state index in [0.717, 1.165) is 35.1 Å². The summed E-state index contributed by atoms with van der Waals surface area (Å²) in [7, 11) is 0. The van der Waals surface area contributed by atoms with Crippen molar-refractivity contribution in [3.8, 4) is 5.69 Å². The Kier molecular flexibility index (Phi) is 5.75. The number of rotatable bonds is 7. The summed E-state index contributed by atoms with van der Waals surface area (Å²) in [6.07, 6.45) is 2.88. The van der Waals surface area contributed by atoms with E-state index < -0.39 is 12.6 Å². The van der Waals surface area contributed by atoms with Gasteiger partial charge in [-0.15, -0.1) is 0 Å². The van der Waals surface area contributed by atoms with Crippen LogP contribution < -0.4 is 4.90 Å². The summed E-state index contributed by atoms with van der Waals surface area (Å²) in [5.74, 6) is -1.67. The molecule has 0 saturated heterocycles. The van der Waals surface area contributed by atoms with E-state index in [0.29, 0.717) is 5.69 Å². The fourth-order valence-electron chi connectivity index (χ4n) is 3.31. The highest BCUT2D eigenvalue weighted by molar-refractivity contribution is 9.10. The predicted octanol–water partition coefficient (Wildman–Crippen LogP) is 2.98. The first-order chi connectivity index (χ1) is 14.5. The van der Waals surface area contributed by atoms with Gasteiger partial charge in [0.15, 0.2) is 11.5 Å². The van der Waals surface area contributed by atoms with Crippen LogP contribution in [0.1, 0.15) is 48.7 Å². The van der Waals surface area contributed by atoms with E-state index in [-0.39, 0.29) is 47.3 Å². The average Bonchev–Trinajstić information content (AvgIpc) is 3.64. The molecule has 0 atom stereocenters. The number of hydrogen-bond donors (Lipinski definition) is 1. The van der Waals surface area contributed by atoms with Crippen molar-refractivity contribution in [3.05, 3.63) is 40.0 Å². The second-order valence-electron chi connectivity index (χ2n) is 7.48. The van der Waals surface area contributed by atoms with Gasteiger partial charge >= 0.3 is 5.97 Å². The Morgan fingerprint density at radius 3 is 2.33 bits per heavy atom. The van der Waals surface area contributed by atoms with Gasteiger partial charge in [0, 0.05) is 16.3 Å². The van der Waals surface area contributed by atoms with E-state index >= 15 is 0 Å². The molecule has 0 bridgehead atoms. The van der Waals surface area contributed by atoms with E-state index in [1.54, 1.807) is 25.1 Å². The summed E-state index contributed by atoms with van der Waals surface area (Å²) in [5, 5.41) is 14.5. The highest BCUT2D eigenvalue weighted by Crippen LogP contribution is 2.40. The van der Waals surface area contributed by atoms with Crippen molar-refractivity contribution < 1.29 is 24.2 Å². The Morgan fingerprint density at radius 1 is 1.20 bits per heavy atom. The molecule has 8 nitrogen and oxygen atoms in total. The fraction of sp³-hybridized carbons (Fsp3) is 0.429. The summed E-state index contributed by atoms with van der Waals surface area (Å²) in [6, 6.07) is 7.12. The summed E-state index contributed by atoms with van der Waals surface area (Å²) < 4.78 is 7.24. The van der Waals surface area contributed by atoms with Crippen molar-refractivity contribution in [3.63, 3.8) is 0 Å². The molecular weight excluding hydrogens is 454 g/mol. The third-order valence-electron chi connectivity index (χ3n) is 5.14. The van der Waals surface area contributed by atoms with Crippen LogP contribution in [0.3, 0.4) is 0 Å². The summed E-state index contributed by atoms with van der Waals surface area (Å²) in [6.45, 7) is 1.24. The van der Waals surface area contributed by atoms with Gasteiger partial charge in [-0.05, 0) is 50.8 Å². The smallest absolute Gasteiger partial charge is 0.359 e. The number of nitrogens with zero attached hydrogens (tertiary/aromatic N) is 3. The molecular formula is C21H22BrN3O5. The Hall–Kier alpha value is -2.52. The summed E-state index contributed by atoms with van der Waals surface area (Å²) >= 11 is 3.41. The van der Waals surface area contributed by atoms with Crippen LogP contribution in [-0.4, -0.2) is 39.3 Å². The van der Waals surface area contributed by atoms with E-state index in [1.807, 2.05) is 6.07 Å². The summed E-state index contributed by atoms with van der Waals surface area (Å²) in [4.78, 5) is 40.0. The van der Waals surface area contributed by atoms with E-state index in [9.17, 15) is 19.5 Å². The molecule has 0 aliphatic heterocycles. The predicted molar refractivity (Wildman–Crippen MR) is 111 cm³/mol. The molecule has 0 spiro atoms. The number of carbonyl (C=O) groups is 3. The Balaban J connectivity index is 1.93. The second-order valence-corrected chi connectivity index (χ2v) is 8.40. The first-order valence-corrected chi connectivity index (χ1v) is 10.8. The van der Waals surface area contributed by atoms with Crippen LogP contribution in [0.2, 0.25) is 0 Å². The van der Waals surface area contributed by atoms with Crippen molar-refractivity contribution in [2.75, 3.05) is 11.5 Å². The first kappa shape index (κ1) is 20.7. The molecule has 2 aromatic rings. The lowest BCUT2D eigenvalue weighted by Crippen LogP contribution is -2.41. The molecule has 2 aliphatic carbocycles. The molecule has 0 radical (unpaired) electrons. The number of carbonyl (C=O) groups excluding carboxylic acids is 3. The van der Waals surface area contributed by atoms with E-state index in [2.05, 4.69) is 21.0 Å². The maximum Gasteiger partial charge on any atom is 0.359 e. The summed E-state index contributed by atoms with van der Waals surface area (Å²) in [5.41, 5.74) is 0.546. The minimum Gasteiger partial charge on any atom is -0.461 e. The lowest BCUT2D eigenvalue weighted by Gasteiger charge is -2.23. The van der Waals surface area contributed by atoms with Crippen LogP contribution in [0.4, 0.5) is 5.82 Å². The number of ether oxygens (including phenoxy) is 1. The maximum atomic E-state index is 13.2. The van der Waals surface area contributed by atoms with Crippen molar-refractivity contribution in [2.24, 2.45) is 11.8 Å². The van der Waals surface area contributed by atoms with Gasteiger partial charge in [0.1, 0.15) is 0 Å². The Labute approximate surface area is 181 Å². The molecule has 0 unspecified atom stereocenters. The zero-order chi connectivity index (χ0) is 21.4. The number of aliphatic hydroxyl groups is 1. The molecule has 9 heteroatoms. The van der Waals surface area contributed by atoms with Crippen LogP contribution in [0, 0.1) is 11.8 Å². The van der Waals surface area contributed by atoms with Gasteiger partial charge in [-0.1, -0.05) is 22.0 Å². The number of imide groups is 1. The van der Waals surface area contributed by atoms with Gasteiger partial charge in [0.25, 0.3) is 0 Å². The normalized spacial score (nSPS) is 15.7. The number of hydrogen-bond acceptors (Lipinski definition) is 6. The maximum absolute atomic E-state index is 13.2. The Bertz CT molecular complexity index is 986. The monoisotopic (exact) mass is 475 g/mol. The minimum absolute atomic E-state index is 0.105. The fourth-order valence-corrected chi connectivity index (χ4v) is 3.70. The third kappa shape index (κ3) is 3.91. The quantitative estimate of drug-likeness (QED) is 0.487. The second kappa shape index (κ2) is 8.31. The number of aromatic nitrogens is 2. The van der Waals surface area contributed by atoms with Gasteiger partial charge in [-0.3, -0.25) is 9.59 Å². The van der Waals surface area contributed by atoms with Crippen LogP contribution in [0.15, 0.2) is 28.7 Å². The molecule has 158 valence electrons. The van der Waals surface area contributed by atoms with Crippen LogP contribution in [-0.2, 0) is 20.9 Å². The van der Waals surface area contributed by atoms with Crippen molar-refractivity contribution >= 4 is 39.5 Å². The van der Waals surface area contributed by atoms with Gasteiger partial charge in [0.2, 0.25) is 11.8 Å². The lowest BCUT2D eigenvalue weighted by atomic mass is 10.2. The van der Waals surface area contributed by atoms with Gasteiger partial charge in [-0.25, -0.2) is 14.4 Å². The molecule has 1 N–H and O–H groups in total. The van der Waals surface area contributed by atoms with Crippen molar-refractivity contribution in [1.29, 1.82) is 0 Å². The SMILES string of the molecule is CCOC(=O)c1nn(-c2cccc(Br)c2)c(N(C(=O)C2CC2)C(=O)C2CC2)c1CO. The van der Waals surface area contributed by atoms with Gasteiger partial charge < -0.3 is 9.84 Å². The van der Waals surface area contributed by atoms with Gasteiger partial charge in [0.05, 0.1) is 24.5 Å². The Morgan fingerprint density at radius 2 is 1.83 bits per heavy atom. The molecule has 2 aliphatic rings. The molecule has 30 heavy (non-hydrogen) atoms. The van der Waals surface area contributed by atoms with Crippen LogP contribution >= 0.6 is 15.9 Å². The third-order valence-corrected chi connectivity index (χ3v) is 5.64. The zero-order valence-electron chi connectivity index (χ0n) is 16.5.